The summed E-state index contributed by atoms with van der Waals surface area (Å²) in [6.07, 6.45) is 6.76. The van der Waals surface area contributed by atoms with Crippen molar-refractivity contribution in [2.75, 3.05) is 0 Å². The molecule has 3 N–H and O–H groups in total. The molecular weight excluding hydrogens is 354 g/mol. The largest absolute Gasteiger partial charge is 0.349 e. The zero-order chi connectivity index (χ0) is 19.5. The average Bonchev–Trinajstić information content (AvgIpc) is 3.12. The number of fused-ring (bicyclic) bond motifs is 1. The molecule has 0 bridgehead atoms. The van der Waals surface area contributed by atoms with Crippen LogP contribution in [0.1, 0.15) is 52.1 Å². The highest BCUT2D eigenvalue weighted by molar-refractivity contribution is 6.04. The molecule has 0 unspecified atom stereocenters. The van der Waals surface area contributed by atoms with Crippen LogP contribution in [0.2, 0.25) is 0 Å². The molecule has 0 spiro atoms. The van der Waals surface area contributed by atoms with Crippen LogP contribution in [0.15, 0.2) is 42.7 Å². The zero-order valence-electron chi connectivity index (χ0n) is 15.7. The van der Waals surface area contributed by atoms with Crippen molar-refractivity contribution in [3.05, 3.63) is 59.5 Å². The molecule has 1 aliphatic carbocycles. The van der Waals surface area contributed by atoms with E-state index in [0.29, 0.717) is 17.7 Å². The number of hydrogen-bond acceptors (Lipinski definition) is 4. The van der Waals surface area contributed by atoms with Gasteiger partial charge in [-0.05, 0) is 50.3 Å². The number of aryl methyl sites for hydroxylation is 1. The predicted octanol–water partition coefficient (Wildman–Crippen LogP) is 2.74. The first-order valence-electron chi connectivity index (χ1n) is 9.56. The summed E-state index contributed by atoms with van der Waals surface area (Å²) in [5.41, 5.74) is 2.77. The van der Waals surface area contributed by atoms with Gasteiger partial charge in [-0.3, -0.25) is 19.7 Å². The lowest BCUT2D eigenvalue weighted by molar-refractivity contribution is 0.0901. The fraction of sp³-hybridized carbons (Fsp3) is 0.333. The minimum absolute atomic E-state index is 0.0117. The van der Waals surface area contributed by atoms with Crippen molar-refractivity contribution < 1.29 is 9.59 Å². The third kappa shape index (κ3) is 3.88. The minimum Gasteiger partial charge on any atom is -0.349 e. The molecule has 3 aromatic rings. The summed E-state index contributed by atoms with van der Waals surface area (Å²) in [6.45, 7) is 1.91. The molecule has 1 aromatic carbocycles. The third-order valence-electron chi connectivity index (χ3n) is 5.17. The van der Waals surface area contributed by atoms with Gasteiger partial charge in [0.05, 0.1) is 11.1 Å². The van der Waals surface area contributed by atoms with Gasteiger partial charge >= 0.3 is 0 Å². The smallest absolute Gasteiger partial charge is 0.272 e. The Balaban J connectivity index is 1.38. The lowest BCUT2D eigenvalue weighted by Gasteiger charge is -2.30. The van der Waals surface area contributed by atoms with Gasteiger partial charge < -0.3 is 10.6 Å². The number of para-hydroxylation sites is 1. The van der Waals surface area contributed by atoms with E-state index in [-0.39, 0.29) is 23.9 Å². The Labute approximate surface area is 162 Å². The molecule has 28 heavy (non-hydrogen) atoms. The van der Waals surface area contributed by atoms with Crippen molar-refractivity contribution in [3.8, 4) is 0 Å². The van der Waals surface area contributed by atoms with E-state index in [1.54, 1.807) is 12.4 Å². The lowest BCUT2D eigenvalue weighted by atomic mass is 9.90. The summed E-state index contributed by atoms with van der Waals surface area (Å²) in [5, 5.41) is 14.0. The molecule has 1 fully saturated rings. The summed E-state index contributed by atoms with van der Waals surface area (Å²) in [6, 6.07) is 9.44. The van der Waals surface area contributed by atoms with Gasteiger partial charge in [0.25, 0.3) is 11.8 Å². The van der Waals surface area contributed by atoms with Gasteiger partial charge in [0.1, 0.15) is 0 Å². The quantitative estimate of drug-likeness (QED) is 0.651. The maximum absolute atomic E-state index is 12.7. The van der Waals surface area contributed by atoms with Crippen LogP contribution in [-0.2, 0) is 0 Å². The van der Waals surface area contributed by atoms with Crippen molar-refractivity contribution in [1.29, 1.82) is 0 Å². The molecule has 2 aromatic heterocycles. The van der Waals surface area contributed by atoms with Crippen LogP contribution in [-0.4, -0.2) is 39.1 Å². The summed E-state index contributed by atoms with van der Waals surface area (Å²) < 4.78 is 0. The number of hydrogen-bond donors (Lipinski definition) is 3. The van der Waals surface area contributed by atoms with Crippen LogP contribution in [0, 0.1) is 6.92 Å². The van der Waals surface area contributed by atoms with Gasteiger partial charge in [-0.15, -0.1) is 0 Å². The summed E-state index contributed by atoms with van der Waals surface area (Å²) in [5.74, 6) is -0.302. The van der Waals surface area contributed by atoms with Crippen molar-refractivity contribution in [3.63, 3.8) is 0 Å². The van der Waals surface area contributed by atoms with Crippen LogP contribution >= 0.6 is 0 Å². The van der Waals surface area contributed by atoms with E-state index in [4.69, 9.17) is 0 Å². The highest BCUT2D eigenvalue weighted by Gasteiger charge is 2.26. The maximum atomic E-state index is 12.7. The number of H-pyrrole nitrogens is 1. The van der Waals surface area contributed by atoms with Gasteiger partial charge in [0.2, 0.25) is 0 Å². The van der Waals surface area contributed by atoms with Crippen molar-refractivity contribution >= 4 is 22.7 Å². The predicted molar refractivity (Wildman–Crippen MR) is 106 cm³/mol. The number of rotatable bonds is 4. The number of benzene rings is 1. The number of carbonyl (C=O) groups is 2. The number of pyridine rings is 1. The van der Waals surface area contributed by atoms with Crippen LogP contribution in [0.25, 0.3) is 10.9 Å². The fourth-order valence-electron chi connectivity index (χ4n) is 3.79. The van der Waals surface area contributed by atoms with Gasteiger partial charge in [-0.1, -0.05) is 18.2 Å². The molecule has 4 rings (SSSR count). The first-order valence-corrected chi connectivity index (χ1v) is 9.56. The zero-order valence-corrected chi connectivity index (χ0v) is 15.7. The van der Waals surface area contributed by atoms with Gasteiger partial charge in [-0.2, -0.15) is 5.10 Å². The average molecular weight is 377 g/mol. The summed E-state index contributed by atoms with van der Waals surface area (Å²) in [7, 11) is 0. The first kappa shape index (κ1) is 18.2. The Morgan fingerprint density at radius 3 is 2.61 bits per heavy atom. The van der Waals surface area contributed by atoms with Crippen LogP contribution in [0.3, 0.4) is 0 Å². The van der Waals surface area contributed by atoms with Gasteiger partial charge in [-0.25, -0.2) is 0 Å². The van der Waals surface area contributed by atoms with Gasteiger partial charge in [0, 0.05) is 29.9 Å². The highest BCUT2D eigenvalue weighted by atomic mass is 16.2. The Bertz CT molecular complexity index is 1010. The van der Waals surface area contributed by atoms with Crippen LogP contribution in [0.5, 0.6) is 0 Å². The number of aromatic amines is 1. The van der Waals surface area contributed by atoms with E-state index in [1.807, 2.05) is 37.3 Å². The number of nitrogens with one attached hydrogen (secondary N) is 3. The van der Waals surface area contributed by atoms with Crippen molar-refractivity contribution in [2.45, 2.75) is 44.7 Å². The van der Waals surface area contributed by atoms with Crippen LogP contribution in [0.4, 0.5) is 0 Å². The Hall–Kier alpha value is -3.22. The Morgan fingerprint density at radius 1 is 1.07 bits per heavy atom. The molecule has 1 saturated carbocycles. The topological polar surface area (TPSA) is 99.8 Å². The third-order valence-corrected chi connectivity index (χ3v) is 5.17. The molecule has 0 aliphatic heterocycles. The first-order chi connectivity index (χ1) is 13.6. The molecule has 0 radical (unpaired) electrons. The molecule has 0 saturated heterocycles. The van der Waals surface area contributed by atoms with E-state index in [0.717, 1.165) is 35.7 Å². The molecule has 1 aliphatic rings. The molecule has 2 heterocycles. The maximum Gasteiger partial charge on any atom is 0.272 e. The molecule has 144 valence electrons. The Kier molecular flexibility index (Phi) is 5.06. The monoisotopic (exact) mass is 377 g/mol. The van der Waals surface area contributed by atoms with E-state index in [9.17, 15) is 9.59 Å². The number of aromatic nitrogens is 3. The van der Waals surface area contributed by atoms with Crippen molar-refractivity contribution in [2.24, 2.45) is 0 Å². The normalized spacial score (nSPS) is 19.3. The van der Waals surface area contributed by atoms with Gasteiger partial charge in [0.15, 0.2) is 5.69 Å². The lowest BCUT2D eigenvalue weighted by Crippen LogP contribution is -2.45. The molecule has 2 atom stereocenters. The minimum atomic E-state index is -0.183. The standard InChI is InChI=1S/C21H23N5O2/c1-13-9-14(12-22-11-13)20(27)23-15-5-4-6-16(10-15)24-21(28)19-17-7-2-3-8-18(17)25-26-19/h2-3,7-9,11-12,15-16H,4-6,10H2,1H3,(H,23,27)(H,24,28)(H,25,26)/t15-,16+/m1/s1. The molecule has 7 nitrogen and oxygen atoms in total. The van der Waals surface area contributed by atoms with E-state index in [2.05, 4.69) is 25.8 Å². The fourth-order valence-corrected chi connectivity index (χ4v) is 3.79. The number of nitrogens with zero attached hydrogens (tertiary/aromatic N) is 2. The Morgan fingerprint density at radius 2 is 1.82 bits per heavy atom. The SMILES string of the molecule is Cc1cncc(C(=O)N[C@@H]2CCC[C@H](NC(=O)c3n[nH]c4ccccc34)C2)c1. The molecular formula is C21H23N5O2. The summed E-state index contributed by atoms with van der Waals surface area (Å²) >= 11 is 0. The number of carbonyl (C=O) groups excluding carboxylic acids is 2. The number of amides is 2. The molecule has 7 heteroatoms. The van der Waals surface area contributed by atoms with E-state index in [1.165, 1.54) is 0 Å². The van der Waals surface area contributed by atoms with Crippen molar-refractivity contribution in [1.82, 2.24) is 25.8 Å². The highest BCUT2D eigenvalue weighted by Crippen LogP contribution is 2.21. The summed E-state index contributed by atoms with van der Waals surface area (Å²) in [4.78, 5) is 29.2. The van der Waals surface area contributed by atoms with E-state index >= 15 is 0 Å². The van der Waals surface area contributed by atoms with E-state index < -0.39 is 0 Å². The second-order valence-electron chi connectivity index (χ2n) is 7.38. The molecule has 2 amide bonds. The van der Waals surface area contributed by atoms with Crippen LogP contribution < -0.4 is 10.6 Å². The second-order valence-corrected chi connectivity index (χ2v) is 7.38. The second kappa shape index (κ2) is 7.80.